The molecule has 156 valence electrons. The minimum atomic E-state index is -0.0495. The molecule has 1 aromatic rings. The van der Waals surface area contributed by atoms with Crippen molar-refractivity contribution in [1.82, 2.24) is 15.5 Å². The van der Waals surface area contributed by atoms with Crippen LogP contribution < -0.4 is 20.1 Å². The van der Waals surface area contributed by atoms with Crippen LogP contribution >= 0.6 is 0 Å². The van der Waals surface area contributed by atoms with E-state index >= 15 is 0 Å². The van der Waals surface area contributed by atoms with Gasteiger partial charge in [0.05, 0.1) is 13.7 Å². The maximum atomic E-state index is 11.6. The molecule has 1 atom stereocenters. The van der Waals surface area contributed by atoms with E-state index in [2.05, 4.69) is 22.5 Å². The summed E-state index contributed by atoms with van der Waals surface area (Å²) in [5, 5.41) is 6.09. The molecule has 7 heteroatoms. The maximum absolute atomic E-state index is 11.6. The summed E-state index contributed by atoms with van der Waals surface area (Å²) in [5.74, 6) is 3.06. The molecule has 0 saturated carbocycles. The van der Waals surface area contributed by atoms with Crippen LogP contribution in [0.4, 0.5) is 0 Å². The van der Waals surface area contributed by atoms with Gasteiger partial charge < -0.3 is 25.0 Å². The lowest BCUT2D eigenvalue weighted by molar-refractivity contribution is -0.121. The number of rotatable bonds is 8. The Hall–Kier alpha value is -2.44. The smallest absolute Gasteiger partial charge is 0.220 e. The highest BCUT2D eigenvalue weighted by atomic mass is 16.5. The van der Waals surface area contributed by atoms with Crippen LogP contribution in [0.1, 0.15) is 33.1 Å². The van der Waals surface area contributed by atoms with Crippen LogP contribution in [0.2, 0.25) is 0 Å². The number of benzene rings is 1. The molecular weight excluding hydrogens is 356 g/mol. The van der Waals surface area contributed by atoms with E-state index in [1.807, 2.05) is 31.2 Å². The normalized spacial score (nSPS) is 16.4. The van der Waals surface area contributed by atoms with Crippen LogP contribution in [0, 0.1) is 5.92 Å². The van der Waals surface area contributed by atoms with E-state index in [9.17, 15) is 4.79 Å². The van der Waals surface area contributed by atoms with Crippen molar-refractivity contribution in [3.05, 3.63) is 24.3 Å². The molecule has 1 fully saturated rings. The molecule has 1 unspecified atom stereocenters. The lowest BCUT2D eigenvalue weighted by atomic mass is 9.93. The van der Waals surface area contributed by atoms with Gasteiger partial charge in [0.25, 0.3) is 0 Å². The molecule has 1 aliphatic heterocycles. The zero-order valence-electron chi connectivity index (χ0n) is 17.5. The molecule has 28 heavy (non-hydrogen) atoms. The predicted molar refractivity (Wildman–Crippen MR) is 112 cm³/mol. The van der Waals surface area contributed by atoms with Crippen molar-refractivity contribution in [2.75, 3.05) is 40.3 Å². The number of ether oxygens (including phenoxy) is 2. The van der Waals surface area contributed by atoms with Crippen molar-refractivity contribution >= 4 is 11.9 Å². The number of guanidine groups is 1. The van der Waals surface area contributed by atoms with Gasteiger partial charge in [-0.1, -0.05) is 6.07 Å². The molecule has 0 aliphatic carbocycles. The second kappa shape index (κ2) is 11.4. The molecule has 1 aliphatic rings. The summed E-state index contributed by atoms with van der Waals surface area (Å²) in [6.07, 6.45) is 2.58. The largest absolute Gasteiger partial charge is 0.497 e. The number of aliphatic imine (C=N–C) groups is 1. The first-order valence-corrected chi connectivity index (χ1v) is 10.1. The zero-order chi connectivity index (χ0) is 20.4. The first kappa shape index (κ1) is 21.9. The number of carbonyl (C=O) groups is 1. The minimum Gasteiger partial charge on any atom is -0.497 e. The Labute approximate surface area is 168 Å². The van der Waals surface area contributed by atoms with E-state index in [0.717, 1.165) is 49.9 Å². The zero-order valence-corrected chi connectivity index (χ0v) is 17.5. The topological polar surface area (TPSA) is 75.2 Å². The fourth-order valence-electron chi connectivity index (χ4n) is 3.30. The first-order valence-electron chi connectivity index (χ1n) is 10.1. The quantitative estimate of drug-likeness (QED) is 0.526. The van der Waals surface area contributed by atoms with Gasteiger partial charge in [-0.15, -0.1) is 0 Å². The number of amides is 1. The third kappa shape index (κ3) is 6.94. The van der Waals surface area contributed by atoms with Gasteiger partial charge in [0.15, 0.2) is 5.96 Å². The van der Waals surface area contributed by atoms with E-state index in [4.69, 9.17) is 14.5 Å². The Kier molecular flexibility index (Phi) is 8.91. The number of nitrogens with one attached hydrogen (secondary N) is 2. The lowest BCUT2D eigenvalue weighted by Gasteiger charge is -2.34. The molecular formula is C21H34N4O3. The Morgan fingerprint density at radius 1 is 1.32 bits per heavy atom. The van der Waals surface area contributed by atoms with Crippen LogP contribution in [-0.2, 0) is 4.79 Å². The average molecular weight is 391 g/mol. The number of likely N-dealkylation sites (tertiary alicyclic amines) is 1. The lowest BCUT2D eigenvalue weighted by Crippen LogP contribution is -2.46. The molecule has 2 N–H and O–H groups in total. The van der Waals surface area contributed by atoms with Gasteiger partial charge in [0, 0.05) is 39.2 Å². The summed E-state index contributed by atoms with van der Waals surface area (Å²) in [7, 11) is 3.34. The van der Waals surface area contributed by atoms with Gasteiger partial charge in [-0.05, 0) is 44.7 Å². The summed E-state index contributed by atoms with van der Waals surface area (Å²) in [6, 6.07) is 7.61. The van der Waals surface area contributed by atoms with Gasteiger partial charge in [-0.2, -0.15) is 0 Å². The number of methoxy groups -OCH3 is 1. The Balaban J connectivity index is 1.88. The van der Waals surface area contributed by atoms with Gasteiger partial charge in [-0.25, -0.2) is 4.99 Å². The number of hydrogen-bond donors (Lipinski definition) is 2. The summed E-state index contributed by atoms with van der Waals surface area (Å²) in [4.78, 5) is 18.6. The van der Waals surface area contributed by atoms with Crippen molar-refractivity contribution in [2.24, 2.45) is 10.9 Å². The highest BCUT2D eigenvalue weighted by Crippen LogP contribution is 2.21. The summed E-state index contributed by atoms with van der Waals surface area (Å²) >= 11 is 0. The van der Waals surface area contributed by atoms with Crippen LogP contribution in [0.25, 0.3) is 0 Å². The third-order valence-corrected chi connectivity index (χ3v) is 4.88. The fraction of sp³-hybridized carbons (Fsp3) is 0.619. The molecule has 7 nitrogen and oxygen atoms in total. The van der Waals surface area contributed by atoms with Crippen molar-refractivity contribution < 1.29 is 14.3 Å². The molecule has 0 bridgehead atoms. The van der Waals surface area contributed by atoms with E-state index in [1.54, 1.807) is 14.2 Å². The van der Waals surface area contributed by atoms with Gasteiger partial charge in [0.2, 0.25) is 5.91 Å². The summed E-state index contributed by atoms with van der Waals surface area (Å²) in [6.45, 7) is 7.31. The molecule has 0 aromatic heterocycles. The third-order valence-electron chi connectivity index (χ3n) is 4.88. The molecule has 2 rings (SSSR count). The Bertz CT molecular complexity index is 642. The van der Waals surface area contributed by atoms with Gasteiger partial charge in [-0.3, -0.25) is 4.79 Å². The highest BCUT2D eigenvalue weighted by molar-refractivity contribution is 5.80. The molecule has 1 aromatic carbocycles. The molecule has 0 spiro atoms. The van der Waals surface area contributed by atoms with Crippen molar-refractivity contribution in [1.29, 1.82) is 0 Å². The summed E-state index contributed by atoms with van der Waals surface area (Å²) in [5.41, 5.74) is 0. The molecule has 1 heterocycles. The van der Waals surface area contributed by atoms with Crippen molar-refractivity contribution in [3.63, 3.8) is 0 Å². The Morgan fingerprint density at radius 2 is 2.04 bits per heavy atom. The van der Waals surface area contributed by atoms with E-state index in [1.165, 1.54) is 0 Å². The summed E-state index contributed by atoms with van der Waals surface area (Å²) < 4.78 is 11.2. The molecule has 1 saturated heterocycles. The second-order valence-electron chi connectivity index (χ2n) is 7.11. The van der Waals surface area contributed by atoms with Crippen LogP contribution in [0.5, 0.6) is 11.5 Å². The maximum Gasteiger partial charge on any atom is 0.220 e. The average Bonchev–Trinajstić information content (AvgIpc) is 2.71. The van der Waals surface area contributed by atoms with E-state index in [0.29, 0.717) is 18.9 Å². The first-order chi connectivity index (χ1) is 13.5. The van der Waals surface area contributed by atoms with Crippen LogP contribution in [0.3, 0.4) is 0 Å². The van der Waals surface area contributed by atoms with Crippen molar-refractivity contribution in [2.45, 2.75) is 39.2 Å². The number of carbonyl (C=O) groups excluding carboxylic acids is 1. The van der Waals surface area contributed by atoms with Crippen LogP contribution in [-0.4, -0.2) is 63.2 Å². The second-order valence-corrected chi connectivity index (χ2v) is 7.11. The van der Waals surface area contributed by atoms with E-state index < -0.39 is 0 Å². The number of piperidine rings is 1. The molecule has 1 amide bonds. The SMILES string of the molecule is CCNC(=NCC(C)Oc1cccc(OC)c1)N1CCC(CC(=O)NC)CC1. The number of hydrogen-bond acceptors (Lipinski definition) is 4. The standard InChI is InChI=1S/C21H34N4O3/c1-5-23-21(25-11-9-17(10-12-25)13-20(26)22-3)24-15-16(2)28-19-8-6-7-18(14-19)27-4/h6-8,14,16-17H,5,9-13,15H2,1-4H3,(H,22,26)(H,23,24). The monoisotopic (exact) mass is 390 g/mol. The molecule has 0 radical (unpaired) electrons. The van der Waals surface area contributed by atoms with Crippen molar-refractivity contribution in [3.8, 4) is 11.5 Å². The van der Waals surface area contributed by atoms with E-state index in [-0.39, 0.29) is 12.0 Å². The minimum absolute atomic E-state index is 0.0495. The highest BCUT2D eigenvalue weighted by Gasteiger charge is 2.23. The van der Waals surface area contributed by atoms with Gasteiger partial charge >= 0.3 is 0 Å². The van der Waals surface area contributed by atoms with Crippen LogP contribution in [0.15, 0.2) is 29.3 Å². The Morgan fingerprint density at radius 3 is 2.68 bits per heavy atom. The van der Waals surface area contributed by atoms with Gasteiger partial charge in [0.1, 0.15) is 17.6 Å². The fourth-order valence-corrected chi connectivity index (χ4v) is 3.30. The number of nitrogens with zero attached hydrogens (tertiary/aromatic N) is 2. The predicted octanol–water partition coefficient (Wildman–Crippen LogP) is 2.28.